The number of carboxylic acid groups (broad SMARTS) is 1. The van der Waals surface area contributed by atoms with Crippen LogP contribution in [0.15, 0.2) is 65.6 Å². The minimum absolute atomic E-state index is 0.0839. The van der Waals surface area contributed by atoms with Crippen molar-refractivity contribution in [3.63, 3.8) is 0 Å². The number of hydrogen-bond donors (Lipinski definition) is 1. The van der Waals surface area contributed by atoms with E-state index in [1.54, 1.807) is 17.4 Å². The SMILES string of the molecule is CN1[C@H](C2CCCCC2)CN(c2ccccc2)c2cc(OC3CCC(C)(C)CC3)c(-c3ccc(F)c(C(=O)O)c3)cc2S1(=O)=O. The molecule has 45 heavy (non-hydrogen) atoms. The van der Waals surface area contributed by atoms with Crippen LogP contribution in [0.5, 0.6) is 5.75 Å². The zero-order valence-corrected chi connectivity index (χ0v) is 27.2. The summed E-state index contributed by atoms with van der Waals surface area (Å²) in [4.78, 5) is 14.1. The Balaban J connectivity index is 1.55. The molecule has 3 aliphatic rings. The molecular formula is C36H43FN2O5S. The quantitative estimate of drug-likeness (QED) is 0.294. The fraction of sp³-hybridized carbons (Fsp3) is 0.472. The number of benzene rings is 3. The van der Waals surface area contributed by atoms with Crippen molar-refractivity contribution in [3.05, 3.63) is 72.0 Å². The van der Waals surface area contributed by atoms with Crippen molar-refractivity contribution < 1.29 is 27.4 Å². The van der Waals surface area contributed by atoms with Gasteiger partial charge in [-0.1, -0.05) is 57.4 Å². The van der Waals surface area contributed by atoms with Crippen molar-refractivity contribution in [2.45, 2.75) is 88.7 Å². The molecule has 7 nitrogen and oxygen atoms in total. The molecule has 0 spiro atoms. The number of fused-ring (bicyclic) bond motifs is 1. The highest BCUT2D eigenvalue weighted by Crippen LogP contribution is 2.47. The van der Waals surface area contributed by atoms with Crippen molar-refractivity contribution in [1.29, 1.82) is 0 Å². The molecule has 1 heterocycles. The van der Waals surface area contributed by atoms with E-state index < -0.39 is 27.4 Å². The molecule has 3 aromatic rings. The Labute approximate surface area is 266 Å². The van der Waals surface area contributed by atoms with Gasteiger partial charge in [0.15, 0.2) is 0 Å². The van der Waals surface area contributed by atoms with Crippen molar-refractivity contribution >= 4 is 27.4 Å². The highest BCUT2D eigenvalue weighted by atomic mass is 32.2. The van der Waals surface area contributed by atoms with Crippen LogP contribution in [0.2, 0.25) is 0 Å². The first-order chi connectivity index (χ1) is 21.4. The van der Waals surface area contributed by atoms with Gasteiger partial charge in [0.25, 0.3) is 0 Å². The minimum Gasteiger partial charge on any atom is -0.490 e. The number of anilines is 2. The molecule has 6 rings (SSSR count). The number of nitrogens with zero attached hydrogens (tertiary/aromatic N) is 2. The first kappa shape index (κ1) is 31.5. The topological polar surface area (TPSA) is 87.2 Å². The van der Waals surface area contributed by atoms with Crippen LogP contribution in [-0.4, -0.2) is 49.5 Å². The van der Waals surface area contributed by atoms with Crippen LogP contribution in [0.25, 0.3) is 11.1 Å². The van der Waals surface area contributed by atoms with Gasteiger partial charge in [-0.3, -0.25) is 0 Å². The largest absolute Gasteiger partial charge is 0.490 e. The van der Waals surface area contributed by atoms with Gasteiger partial charge in [0.05, 0.1) is 17.4 Å². The third-order valence-electron chi connectivity index (χ3n) is 10.2. The van der Waals surface area contributed by atoms with E-state index in [2.05, 4.69) is 18.7 Å². The Morgan fingerprint density at radius 3 is 2.31 bits per heavy atom. The third-order valence-corrected chi connectivity index (χ3v) is 12.1. The molecule has 240 valence electrons. The normalized spacial score (nSPS) is 22.4. The van der Waals surface area contributed by atoms with Crippen LogP contribution >= 0.6 is 0 Å². The number of aromatic carboxylic acids is 1. The Bertz CT molecular complexity index is 1660. The molecule has 1 atom stereocenters. The van der Waals surface area contributed by atoms with Gasteiger partial charge in [-0.2, -0.15) is 4.31 Å². The molecular weight excluding hydrogens is 591 g/mol. The van der Waals surface area contributed by atoms with Crippen molar-refractivity contribution in [1.82, 2.24) is 4.31 Å². The second-order valence-corrected chi connectivity index (χ2v) is 15.7. The smallest absolute Gasteiger partial charge is 0.338 e. The molecule has 1 N–H and O–H groups in total. The first-order valence-corrected chi connectivity index (χ1v) is 17.6. The Hall–Kier alpha value is -3.43. The fourth-order valence-electron chi connectivity index (χ4n) is 7.37. The lowest BCUT2D eigenvalue weighted by molar-refractivity contribution is 0.0692. The molecule has 0 saturated heterocycles. The Morgan fingerprint density at radius 1 is 0.956 bits per heavy atom. The van der Waals surface area contributed by atoms with E-state index in [0.717, 1.165) is 63.1 Å². The van der Waals surface area contributed by atoms with Crippen LogP contribution in [0.4, 0.5) is 15.8 Å². The molecule has 2 aliphatic carbocycles. The number of ether oxygens (including phenoxy) is 1. The van der Waals surface area contributed by atoms with Gasteiger partial charge in [-0.25, -0.2) is 17.6 Å². The average molecular weight is 635 g/mol. The number of likely N-dealkylation sites (N-methyl/N-ethyl adjacent to an activating group) is 1. The molecule has 0 radical (unpaired) electrons. The molecule has 0 unspecified atom stereocenters. The van der Waals surface area contributed by atoms with Gasteiger partial charge >= 0.3 is 5.97 Å². The average Bonchev–Trinajstić information content (AvgIpc) is 3.11. The predicted octanol–water partition coefficient (Wildman–Crippen LogP) is 8.26. The van der Waals surface area contributed by atoms with Gasteiger partial charge in [-0.05, 0) is 85.8 Å². The number of rotatable bonds is 6. The molecule has 0 amide bonds. The Morgan fingerprint density at radius 2 is 1.64 bits per heavy atom. The summed E-state index contributed by atoms with van der Waals surface area (Å²) >= 11 is 0. The minimum atomic E-state index is -3.98. The van der Waals surface area contributed by atoms with E-state index in [1.165, 1.54) is 18.6 Å². The van der Waals surface area contributed by atoms with Gasteiger partial charge < -0.3 is 14.7 Å². The molecule has 3 aromatic carbocycles. The van der Waals surface area contributed by atoms with Gasteiger partial charge in [0, 0.05) is 37.0 Å². The summed E-state index contributed by atoms with van der Waals surface area (Å²) in [5.41, 5.74) is 1.99. The van der Waals surface area contributed by atoms with E-state index >= 15 is 0 Å². The van der Waals surface area contributed by atoms with Crippen LogP contribution in [0, 0.1) is 17.2 Å². The highest BCUT2D eigenvalue weighted by molar-refractivity contribution is 7.89. The van der Waals surface area contributed by atoms with Gasteiger partial charge in [0.1, 0.15) is 16.5 Å². The molecule has 9 heteroatoms. The number of carboxylic acids is 1. The van der Waals surface area contributed by atoms with Crippen LogP contribution in [0.1, 0.15) is 82.0 Å². The van der Waals surface area contributed by atoms with Gasteiger partial charge in [0.2, 0.25) is 10.0 Å². The lowest BCUT2D eigenvalue weighted by Gasteiger charge is -2.37. The summed E-state index contributed by atoms with van der Waals surface area (Å²) in [7, 11) is -2.30. The molecule has 2 fully saturated rings. The zero-order chi connectivity index (χ0) is 31.9. The number of sulfonamides is 1. The second-order valence-electron chi connectivity index (χ2n) is 13.7. The lowest BCUT2D eigenvalue weighted by atomic mass is 9.76. The third kappa shape index (κ3) is 6.34. The summed E-state index contributed by atoms with van der Waals surface area (Å²) < 4.78 is 51.9. The number of hydrogen-bond acceptors (Lipinski definition) is 5. The summed E-state index contributed by atoms with van der Waals surface area (Å²) in [5.74, 6) is -1.54. The van der Waals surface area contributed by atoms with Crippen molar-refractivity contribution in [2.24, 2.45) is 11.3 Å². The molecule has 1 aliphatic heterocycles. The number of carbonyl (C=O) groups is 1. The van der Waals surface area contributed by atoms with Crippen LogP contribution in [0.3, 0.4) is 0 Å². The molecule has 0 bridgehead atoms. The second kappa shape index (κ2) is 12.4. The maximum atomic E-state index is 14.5. The maximum absolute atomic E-state index is 14.5. The fourth-order valence-corrected chi connectivity index (χ4v) is 8.97. The van der Waals surface area contributed by atoms with Crippen LogP contribution < -0.4 is 9.64 Å². The standard InChI is InChI=1S/C36H43FN2O5S/c1-36(2)18-16-27(17-19-36)44-33-22-31-34(21-28(33)25-14-15-30(37)29(20-25)35(40)41)45(42,43)38(3)32(24-10-6-4-7-11-24)23-39(31)26-12-8-5-9-13-26/h5,8-9,12-15,20-22,24,27,32H,4,6-7,10-11,16-19,23H2,1-3H3,(H,40,41)/t32-/m0/s1. The monoisotopic (exact) mass is 634 g/mol. The summed E-state index contributed by atoms with van der Waals surface area (Å²) in [6.45, 7) is 5.00. The lowest BCUT2D eigenvalue weighted by Crippen LogP contribution is -2.46. The first-order valence-electron chi connectivity index (χ1n) is 16.1. The van der Waals surface area contributed by atoms with Crippen LogP contribution in [-0.2, 0) is 10.0 Å². The number of halogens is 1. The van der Waals surface area contributed by atoms with Crippen molar-refractivity contribution in [3.8, 4) is 16.9 Å². The number of para-hydroxylation sites is 1. The van der Waals surface area contributed by atoms with Crippen molar-refractivity contribution in [2.75, 3.05) is 18.5 Å². The molecule has 0 aromatic heterocycles. The summed E-state index contributed by atoms with van der Waals surface area (Å²) in [6.07, 6.45) is 8.91. The van der Waals surface area contributed by atoms with E-state index in [-0.39, 0.29) is 28.4 Å². The summed E-state index contributed by atoms with van der Waals surface area (Å²) in [6, 6.07) is 16.9. The summed E-state index contributed by atoms with van der Waals surface area (Å²) in [5, 5.41) is 9.70. The van der Waals surface area contributed by atoms with E-state index in [0.29, 0.717) is 29.1 Å². The van der Waals surface area contributed by atoms with E-state index in [1.807, 2.05) is 36.4 Å². The molecule has 2 saturated carbocycles. The van der Waals surface area contributed by atoms with Gasteiger partial charge in [-0.15, -0.1) is 0 Å². The zero-order valence-electron chi connectivity index (χ0n) is 26.3. The highest BCUT2D eigenvalue weighted by Gasteiger charge is 2.41. The van der Waals surface area contributed by atoms with E-state index in [9.17, 15) is 22.7 Å². The Kier molecular flexibility index (Phi) is 8.69. The predicted molar refractivity (Wildman–Crippen MR) is 174 cm³/mol. The maximum Gasteiger partial charge on any atom is 0.338 e. The van der Waals surface area contributed by atoms with E-state index in [4.69, 9.17) is 4.74 Å².